The molecule has 2 unspecified atom stereocenters. The summed E-state index contributed by atoms with van der Waals surface area (Å²) in [4.78, 5) is 14.0. The van der Waals surface area contributed by atoms with Gasteiger partial charge in [-0.3, -0.25) is 0 Å². The Bertz CT molecular complexity index is 466. The summed E-state index contributed by atoms with van der Waals surface area (Å²) in [6, 6.07) is -0.502. The molecule has 2 atom stereocenters. The Labute approximate surface area is 133 Å². The molecule has 2 aliphatic heterocycles. The average molecular weight is 332 g/mol. The van der Waals surface area contributed by atoms with Crippen LogP contribution < -0.4 is 5.32 Å². The van der Waals surface area contributed by atoms with Crippen molar-refractivity contribution in [3.05, 3.63) is 0 Å². The van der Waals surface area contributed by atoms with Crippen molar-refractivity contribution in [2.24, 2.45) is 5.92 Å². The topological polar surface area (TPSA) is 75.7 Å². The van der Waals surface area contributed by atoms with Crippen molar-refractivity contribution < 1.29 is 17.9 Å². The largest absolute Gasteiger partial charge is 0.378 e. The Morgan fingerprint density at radius 1 is 1.32 bits per heavy atom. The second-order valence-electron chi connectivity index (χ2n) is 6.43. The van der Waals surface area contributed by atoms with E-state index in [1.165, 1.54) is 0 Å². The Balaban J connectivity index is 1.75. The van der Waals surface area contributed by atoms with Gasteiger partial charge in [-0.15, -0.1) is 0 Å². The van der Waals surface area contributed by atoms with Crippen molar-refractivity contribution in [2.75, 3.05) is 31.2 Å². The minimum atomic E-state index is -3.06. The Hall–Kier alpha value is -0.820. The van der Waals surface area contributed by atoms with Gasteiger partial charge in [0.2, 0.25) is 0 Å². The number of hydrogen-bond acceptors (Lipinski definition) is 4. The lowest BCUT2D eigenvalue weighted by Crippen LogP contribution is -2.49. The van der Waals surface area contributed by atoms with Crippen LogP contribution in [0.5, 0.6) is 0 Å². The SMILES string of the molecule is CCS(=O)(=O)CC(C)NC(=O)N1CCC(C2CCCO2)CC1. The van der Waals surface area contributed by atoms with Gasteiger partial charge in [0.1, 0.15) is 0 Å². The maximum absolute atomic E-state index is 12.2. The van der Waals surface area contributed by atoms with Gasteiger partial charge in [0.25, 0.3) is 0 Å². The van der Waals surface area contributed by atoms with E-state index in [0.29, 0.717) is 12.0 Å². The summed E-state index contributed by atoms with van der Waals surface area (Å²) >= 11 is 0. The van der Waals surface area contributed by atoms with Crippen LogP contribution in [-0.2, 0) is 14.6 Å². The first-order valence-electron chi connectivity index (χ1n) is 8.28. The summed E-state index contributed by atoms with van der Waals surface area (Å²) in [6.45, 7) is 5.69. The standard InChI is InChI=1S/C15H28N2O4S/c1-3-22(19,20)11-12(2)16-15(18)17-8-6-13(7-9-17)14-5-4-10-21-14/h12-14H,3-11H2,1-2H3,(H,16,18). The van der Waals surface area contributed by atoms with Crippen molar-refractivity contribution in [1.29, 1.82) is 0 Å². The highest BCUT2D eigenvalue weighted by molar-refractivity contribution is 7.91. The fraction of sp³-hybridized carbons (Fsp3) is 0.933. The Morgan fingerprint density at radius 3 is 2.55 bits per heavy atom. The van der Waals surface area contributed by atoms with Crippen molar-refractivity contribution in [1.82, 2.24) is 10.2 Å². The lowest BCUT2D eigenvalue weighted by molar-refractivity contribution is 0.0371. The molecule has 0 saturated carbocycles. The fourth-order valence-corrected chi connectivity index (χ4v) is 4.37. The number of piperidine rings is 1. The first-order chi connectivity index (χ1) is 10.4. The molecule has 7 heteroatoms. The molecule has 0 aliphatic carbocycles. The molecule has 22 heavy (non-hydrogen) atoms. The summed E-state index contributed by atoms with van der Waals surface area (Å²) in [5.41, 5.74) is 0. The molecule has 0 spiro atoms. The molecular formula is C15H28N2O4S. The number of nitrogens with one attached hydrogen (secondary N) is 1. The summed E-state index contributed by atoms with van der Waals surface area (Å²) < 4.78 is 28.9. The molecule has 0 aromatic rings. The molecule has 0 radical (unpaired) electrons. The van der Waals surface area contributed by atoms with E-state index in [-0.39, 0.29) is 23.6 Å². The lowest BCUT2D eigenvalue weighted by atomic mass is 9.90. The van der Waals surface area contributed by atoms with Crippen LogP contribution in [0.3, 0.4) is 0 Å². The lowest BCUT2D eigenvalue weighted by Gasteiger charge is -2.35. The van der Waals surface area contributed by atoms with Gasteiger partial charge in [-0.05, 0) is 38.5 Å². The first-order valence-corrected chi connectivity index (χ1v) is 10.1. The normalized spacial score (nSPS) is 25.2. The molecule has 1 N–H and O–H groups in total. The van der Waals surface area contributed by atoms with E-state index in [1.54, 1.807) is 18.7 Å². The summed E-state index contributed by atoms with van der Waals surface area (Å²) in [5.74, 6) is 0.672. The zero-order chi connectivity index (χ0) is 16.2. The number of carbonyl (C=O) groups is 1. The van der Waals surface area contributed by atoms with E-state index >= 15 is 0 Å². The summed E-state index contributed by atoms with van der Waals surface area (Å²) in [7, 11) is -3.06. The molecule has 0 aromatic carbocycles. The highest BCUT2D eigenvalue weighted by Gasteiger charge is 2.31. The Kier molecular flexibility index (Phi) is 6.09. The van der Waals surface area contributed by atoms with Gasteiger partial charge >= 0.3 is 6.03 Å². The van der Waals surface area contributed by atoms with Crippen LogP contribution in [0.1, 0.15) is 39.5 Å². The molecule has 2 rings (SSSR count). The third-order valence-corrected chi connectivity index (χ3v) is 6.52. The molecule has 2 amide bonds. The van der Waals surface area contributed by atoms with E-state index in [4.69, 9.17) is 4.74 Å². The van der Waals surface area contributed by atoms with Crippen LogP contribution in [0.2, 0.25) is 0 Å². The third-order valence-electron chi connectivity index (χ3n) is 4.63. The van der Waals surface area contributed by atoms with Gasteiger partial charge in [-0.1, -0.05) is 6.92 Å². The Morgan fingerprint density at radius 2 is 2.00 bits per heavy atom. The van der Waals surface area contributed by atoms with Crippen LogP contribution in [0.4, 0.5) is 4.79 Å². The maximum Gasteiger partial charge on any atom is 0.317 e. The molecule has 2 fully saturated rings. The molecular weight excluding hydrogens is 304 g/mol. The van der Waals surface area contributed by atoms with Gasteiger partial charge in [0.05, 0.1) is 11.9 Å². The van der Waals surface area contributed by atoms with Crippen LogP contribution in [0, 0.1) is 5.92 Å². The van der Waals surface area contributed by atoms with Gasteiger partial charge in [0, 0.05) is 31.5 Å². The number of likely N-dealkylation sites (tertiary alicyclic amines) is 1. The summed E-state index contributed by atoms with van der Waals surface area (Å²) in [5, 5.41) is 2.80. The predicted molar refractivity (Wildman–Crippen MR) is 85.6 cm³/mol. The van der Waals surface area contributed by atoms with Crippen LogP contribution >= 0.6 is 0 Å². The van der Waals surface area contributed by atoms with E-state index in [2.05, 4.69) is 5.32 Å². The molecule has 6 nitrogen and oxygen atoms in total. The second kappa shape index (κ2) is 7.64. The number of sulfone groups is 1. The van der Waals surface area contributed by atoms with Crippen molar-refractivity contribution in [3.63, 3.8) is 0 Å². The van der Waals surface area contributed by atoms with Crippen LogP contribution in [0.25, 0.3) is 0 Å². The molecule has 0 aromatic heterocycles. The zero-order valence-corrected chi connectivity index (χ0v) is 14.4. The quantitative estimate of drug-likeness (QED) is 0.826. The number of nitrogens with zero attached hydrogens (tertiary/aromatic N) is 1. The molecule has 2 aliphatic rings. The number of ether oxygens (including phenoxy) is 1. The minimum absolute atomic E-state index is 0.00161. The summed E-state index contributed by atoms with van der Waals surface area (Å²) in [6.07, 6.45) is 4.61. The van der Waals surface area contributed by atoms with Gasteiger partial charge in [0.15, 0.2) is 9.84 Å². The van der Waals surface area contributed by atoms with Gasteiger partial charge in [-0.2, -0.15) is 0 Å². The molecule has 128 valence electrons. The first kappa shape index (κ1) is 17.5. The smallest absolute Gasteiger partial charge is 0.317 e. The number of hydrogen-bond donors (Lipinski definition) is 1. The van der Waals surface area contributed by atoms with Crippen LogP contribution in [-0.4, -0.2) is 62.7 Å². The van der Waals surface area contributed by atoms with E-state index in [0.717, 1.165) is 45.4 Å². The fourth-order valence-electron chi connectivity index (χ4n) is 3.29. The van der Waals surface area contributed by atoms with Gasteiger partial charge in [-0.25, -0.2) is 13.2 Å². The van der Waals surface area contributed by atoms with E-state index < -0.39 is 9.84 Å². The van der Waals surface area contributed by atoms with E-state index in [9.17, 15) is 13.2 Å². The molecule has 2 heterocycles. The maximum atomic E-state index is 12.2. The molecule has 0 bridgehead atoms. The number of amides is 2. The number of urea groups is 1. The predicted octanol–water partition coefficient (Wildman–Crippen LogP) is 1.41. The zero-order valence-electron chi connectivity index (χ0n) is 13.6. The van der Waals surface area contributed by atoms with Crippen molar-refractivity contribution in [2.45, 2.75) is 51.7 Å². The van der Waals surface area contributed by atoms with Crippen molar-refractivity contribution >= 4 is 15.9 Å². The highest BCUT2D eigenvalue weighted by Crippen LogP contribution is 2.28. The van der Waals surface area contributed by atoms with E-state index in [1.807, 2.05) is 0 Å². The third kappa shape index (κ3) is 4.84. The van der Waals surface area contributed by atoms with Crippen molar-refractivity contribution in [3.8, 4) is 0 Å². The molecule has 2 saturated heterocycles. The number of rotatable bonds is 5. The average Bonchev–Trinajstić information content (AvgIpc) is 3.01. The second-order valence-corrected chi connectivity index (χ2v) is 8.82. The number of carbonyl (C=O) groups excluding carboxylic acids is 1. The minimum Gasteiger partial charge on any atom is -0.378 e. The van der Waals surface area contributed by atoms with Gasteiger partial charge < -0.3 is 15.0 Å². The monoisotopic (exact) mass is 332 g/mol. The van der Waals surface area contributed by atoms with Crippen LogP contribution in [0.15, 0.2) is 0 Å². The highest BCUT2D eigenvalue weighted by atomic mass is 32.2.